The normalized spacial score (nSPS) is 18.9. The van der Waals surface area contributed by atoms with Gasteiger partial charge in [0.05, 0.1) is 5.38 Å². The highest BCUT2D eigenvalue weighted by atomic mass is 35.5. The zero-order valence-electron chi connectivity index (χ0n) is 10.6. The Kier molecular flexibility index (Phi) is 4.54. The maximum atomic E-state index is 11.8. The topological polar surface area (TPSA) is 32.3 Å². The number of hydrogen-bond donors (Lipinski definition) is 1. The summed E-state index contributed by atoms with van der Waals surface area (Å²) in [5.41, 5.74) is 2.36. The first kappa shape index (κ1) is 13.7. The molecule has 18 heavy (non-hydrogen) atoms. The van der Waals surface area contributed by atoms with Crippen molar-refractivity contribution in [1.29, 1.82) is 0 Å². The van der Waals surface area contributed by atoms with Gasteiger partial charge in [-0.25, -0.2) is 0 Å². The third kappa shape index (κ3) is 2.99. The lowest BCUT2D eigenvalue weighted by Crippen LogP contribution is -2.17. The molecule has 0 saturated heterocycles. The maximum Gasteiger partial charge on any atom is 0.285 e. The summed E-state index contributed by atoms with van der Waals surface area (Å²) in [6, 6.07) is 6.04. The zero-order chi connectivity index (χ0) is 13.1. The van der Waals surface area contributed by atoms with E-state index in [-0.39, 0.29) is 10.6 Å². The number of rotatable bonds is 1. The summed E-state index contributed by atoms with van der Waals surface area (Å²) >= 11 is 7.63. The van der Waals surface area contributed by atoms with E-state index >= 15 is 0 Å². The third-order valence-corrected chi connectivity index (χ3v) is 4.48. The highest BCUT2D eigenvalue weighted by molar-refractivity contribution is 8.13. The van der Waals surface area contributed by atoms with Crippen molar-refractivity contribution in [3.63, 3.8) is 0 Å². The molecule has 0 aliphatic carbocycles. The van der Waals surface area contributed by atoms with Crippen molar-refractivity contribution >= 4 is 28.6 Å². The Morgan fingerprint density at radius 1 is 1.50 bits per heavy atom. The number of amides is 1. The van der Waals surface area contributed by atoms with Gasteiger partial charge in [0.2, 0.25) is 0 Å². The smallest absolute Gasteiger partial charge is 0.285 e. The van der Waals surface area contributed by atoms with Gasteiger partial charge in [0.1, 0.15) is 0 Å². The summed E-state index contributed by atoms with van der Waals surface area (Å²) in [7, 11) is 3.53. The average Bonchev–Trinajstić information content (AvgIpc) is 2.53. The van der Waals surface area contributed by atoms with Gasteiger partial charge in [-0.1, -0.05) is 12.1 Å². The highest BCUT2D eigenvalue weighted by Crippen LogP contribution is 2.33. The summed E-state index contributed by atoms with van der Waals surface area (Å²) < 4.78 is 0. The first-order valence-corrected chi connectivity index (χ1v) is 7.20. The van der Waals surface area contributed by atoms with E-state index in [0.29, 0.717) is 0 Å². The number of nitrogens with zero attached hydrogens (tertiary/aromatic N) is 1. The lowest BCUT2D eigenvalue weighted by Gasteiger charge is -2.15. The molecule has 98 valence electrons. The Morgan fingerprint density at radius 2 is 2.28 bits per heavy atom. The maximum absolute atomic E-state index is 11.8. The molecular weight excluding hydrogens is 268 g/mol. The predicted molar refractivity (Wildman–Crippen MR) is 76.5 cm³/mol. The molecule has 1 heterocycles. The van der Waals surface area contributed by atoms with Gasteiger partial charge in [-0.15, -0.1) is 11.6 Å². The molecule has 1 aromatic rings. The van der Waals surface area contributed by atoms with Crippen LogP contribution in [0.15, 0.2) is 23.1 Å². The number of thioether (sulfide) groups is 1. The second-order valence-corrected chi connectivity index (χ2v) is 6.03. The van der Waals surface area contributed by atoms with Crippen molar-refractivity contribution in [3.8, 4) is 0 Å². The lowest BCUT2D eigenvalue weighted by molar-refractivity contribution is 0.241. The van der Waals surface area contributed by atoms with Gasteiger partial charge in [-0.2, -0.15) is 0 Å². The van der Waals surface area contributed by atoms with Crippen LogP contribution in [0.3, 0.4) is 0 Å². The minimum Gasteiger partial charge on any atom is -0.339 e. The molecule has 3 nitrogen and oxygen atoms in total. The van der Waals surface area contributed by atoms with E-state index in [9.17, 15) is 4.79 Å². The van der Waals surface area contributed by atoms with Crippen LogP contribution in [0, 0.1) is 0 Å². The van der Waals surface area contributed by atoms with Gasteiger partial charge in [0, 0.05) is 25.5 Å². The van der Waals surface area contributed by atoms with Crippen LogP contribution in [0.25, 0.3) is 0 Å². The molecule has 1 amide bonds. The lowest BCUT2D eigenvalue weighted by atomic mass is 10.0. The average molecular weight is 285 g/mol. The van der Waals surface area contributed by atoms with Gasteiger partial charge >= 0.3 is 0 Å². The molecule has 1 unspecified atom stereocenters. The van der Waals surface area contributed by atoms with E-state index in [0.717, 1.165) is 30.0 Å². The number of fused-ring (bicyclic) bond motifs is 1. The Balaban J connectivity index is 2.32. The van der Waals surface area contributed by atoms with E-state index < -0.39 is 0 Å². The van der Waals surface area contributed by atoms with Crippen molar-refractivity contribution in [2.45, 2.75) is 16.7 Å². The third-order valence-electron chi connectivity index (χ3n) is 2.94. The van der Waals surface area contributed by atoms with Crippen molar-refractivity contribution < 1.29 is 4.79 Å². The molecule has 0 fully saturated rings. The first-order chi connectivity index (χ1) is 8.59. The van der Waals surface area contributed by atoms with Crippen molar-refractivity contribution in [1.82, 2.24) is 10.2 Å². The summed E-state index contributed by atoms with van der Waals surface area (Å²) in [5.74, 6) is 0. The van der Waals surface area contributed by atoms with Crippen molar-refractivity contribution in [3.05, 3.63) is 29.3 Å². The second-order valence-electron chi connectivity index (χ2n) is 4.51. The van der Waals surface area contributed by atoms with Crippen LogP contribution in [0.2, 0.25) is 0 Å². The molecule has 1 aliphatic rings. The molecule has 0 saturated carbocycles. The molecule has 0 bridgehead atoms. The number of carbonyl (C=O) groups excluding carboxylic acids is 1. The van der Waals surface area contributed by atoms with E-state index in [4.69, 9.17) is 11.6 Å². The molecule has 0 radical (unpaired) electrons. The van der Waals surface area contributed by atoms with Crippen LogP contribution in [0.4, 0.5) is 4.79 Å². The Hall–Kier alpha value is -0.710. The van der Waals surface area contributed by atoms with E-state index in [1.807, 2.05) is 12.1 Å². The van der Waals surface area contributed by atoms with E-state index in [1.165, 1.54) is 17.3 Å². The molecule has 0 aromatic heterocycles. The molecule has 1 aliphatic heterocycles. The van der Waals surface area contributed by atoms with Crippen LogP contribution < -0.4 is 5.32 Å². The summed E-state index contributed by atoms with van der Waals surface area (Å²) in [4.78, 5) is 14.4. The fourth-order valence-corrected chi connectivity index (χ4v) is 3.15. The standard InChI is InChI=1S/C13H17ClN2OS/c1-16(2)13(17)18-12-5-3-4-9-10(12)6-7-15-8-11(9)14/h3-5,11,15H,6-8H2,1-2H3. The fourth-order valence-electron chi connectivity index (χ4n) is 1.98. The van der Waals surface area contributed by atoms with E-state index in [1.54, 1.807) is 19.0 Å². The molecule has 2 rings (SSSR count). The minimum atomic E-state index is -0.0162. The molecule has 1 atom stereocenters. The highest BCUT2D eigenvalue weighted by Gasteiger charge is 2.20. The minimum absolute atomic E-state index is 0.0162. The number of nitrogens with one attached hydrogen (secondary N) is 1. The molecule has 1 aromatic carbocycles. The molecule has 1 N–H and O–H groups in total. The molecular formula is C13H17ClN2OS. The number of carbonyl (C=O) groups is 1. The van der Waals surface area contributed by atoms with Crippen LogP contribution in [0.5, 0.6) is 0 Å². The predicted octanol–water partition coefficient (Wildman–Crippen LogP) is 2.89. The monoisotopic (exact) mass is 284 g/mol. The second kappa shape index (κ2) is 5.95. The quantitative estimate of drug-likeness (QED) is 0.636. The summed E-state index contributed by atoms with van der Waals surface area (Å²) in [6.45, 7) is 1.69. The number of benzene rings is 1. The Bertz CT molecular complexity index is 451. The Labute approximate surface area is 117 Å². The number of hydrogen-bond acceptors (Lipinski definition) is 3. The first-order valence-electron chi connectivity index (χ1n) is 5.95. The summed E-state index contributed by atoms with van der Waals surface area (Å²) in [6.07, 6.45) is 0.919. The SMILES string of the molecule is CN(C)C(=O)Sc1cccc2c1CCNCC2Cl. The summed E-state index contributed by atoms with van der Waals surface area (Å²) in [5, 5.41) is 3.34. The van der Waals surface area contributed by atoms with Crippen LogP contribution in [-0.4, -0.2) is 37.3 Å². The van der Waals surface area contributed by atoms with Crippen LogP contribution in [-0.2, 0) is 6.42 Å². The van der Waals surface area contributed by atoms with Crippen LogP contribution in [0.1, 0.15) is 16.5 Å². The van der Waals surface area contributed by atoms with Gasteiger partial charge in [0.15, 0.2) is 0 Å². The van der Waals surface area contributed by atoms with Crippen molar-refractivity contribution in [2.75, 3.05) is 27.2 Å². The zero-order valence-corrected chi connectivity index (χ0v) is 12.1. The van der Waals surface area contributed by atoms with Gasteiger partial charge in [0.25, 0.3) is 5.24 Å². The van der Waals surface area contributed by atoms with E-state index in [2.05, 4.69) is 11.4 Å². The van der Waals surface area contributed by atoms with Gasteiger partial charge in [-0.3, -0.25) is 4.79 Å². The largest absolute Gasteiger partial charge is 0.339 e. The fraction of sp³-hybridized carbons (Fsp3) is 0.462. The molecule has 5 heteroatoms. The van der Waals surface area contributed by atoms with Crippen LogP contribution >= 0.6 is 23.4 Å². The number of alkyl halides is 1. The molecule has 0 spiro atoms. The van der Waals surface area contributed by atoms with Gasteiger partial charge in [-0.05, 0) is 41.9 Å². The number of halogens is 1. The Morgan fingerprint density at radius 3 is 3.00 bits per heavy atom. The van der Waals surface area contributed by atoms with Crippen molar-refractivity contribution in [2.24, 2.45) is 0 Å². The van der Waals surface area contributed by atoms with Gasteiger partial charge < -0.3 is 10.2 Å².